The summed E-state index contributed by atoms with van der Waals surface area (Å²) >= 11 is 2.23. The normalized spacial score (nSPS) is 16.1. The van der Waals surface area contributed by atoms with Crippen molar-refractivity contribution in [2.45, 2.75) is 32.1 Å². The Kier molecular flexibility index (Phi) is 5.94. The van der Waals surface area contributed by atoms with Crippen molar-refractivity contribution in [2.75, 3.05) is 13.2 Å². The number of ether oxygens (including phenoxy) is 1. The summed E-state index contributed by atoms with van der Waals surface area (Å²) in [6, 6.07) is 7.72. The van der Waals surface area contributed by atoms with Crippen LogP contribution in [0.25, 0.3) is 0 Å². The fourth-order valence-electron chi connectivity index (χ4n) is 2.41. The third-order valence-electron chi connectivity index (χ3n) is 3.48. The van der Waals surface area contributed by atoms with Crippen molar-refractivity contribution in [3.63, 3.8) is 0 Å². The molecule has 1 aliphatic carbocycles. The second kappa shape index (κ2) is 7.72. The first-order valence-electron chi connectivity index (χ1n) is 6.89. The summed E-state index contributed by atoms with van der Waals surface area (Å²) in [5.74, 6) is 1.39. The van der Waals surface area contributed by atoms with Gasteiger partial charge >= 0.3 is 0 Å². The molecule has 0 atom stereocenters. The summed E-state index contributed by atoms with van der Waals surface area (Å²) < 4.78 is 6.58. The van der Waals surface area contributed by atoms with Crippen molar-refractivity contribution in [3.8, 4) is 5.75 Å². The summed E-state index contributed by atoms with van der Waals surface area (Å²) in [6.07, 6.45) is 6.45. The van der Waals surface area contributed by atoms with E-state index in [-0.39, 0.29) is 12.5 Å². The van der Waals surface area contributed by atoms with E-state index in [0.29, 0.717) is 5.92 Å². The number of carbonyl (C=O) groups is 1. The number of benzene rings is 1. The van der Waals surface area contributed by atoms with Crippen molar-refractivity contribution in [1.29, 1.82) is 0 Å². The molecular formula is C15H20INO2. The maximum Gasteiger partial charge on any atom is 0.257 e. The van der Waals surface area contributed by atoms with Crippen LogP contribution in [0.4, 0.5) is 0 Å². The molecule has 1 saturated carbocycles. The first kappa shape index (κ1) is 14.6. The maximum atomic E-state index is 11.7. The molecule has 0 unspecified atom stereocenters. The molecule has 0 aliphatic heterocycles. The standard InChI is InChI=1S/C15H20INO2/c16-13-7-4-8-14(9-13)19-11-15(18)17-10-12-5-2-1-3-6-12/h4,7-9,12H,1-3,5-6,10-11H2,(H,17,18). The van der Waals surface area contributed by atoms with Crippen LogP contribution < -0.4 is 10.1 Å². The lowest BCUT2D eigenvalue weighted by atomic mass is 9.89. The summed E-state index contributed by atoms with van der Waals surface area (Å²) in [5, 5.41) is 2.97. The summed E-state index contributed by atoms with van der Waals surface area (Å²) in [7, 11) is 0. The number of halogens is 1. The molecule has 0 heterocycles. The Bertz CT molecular complexity index is 416. The summed E-state index contributed by atoms with van der Waals surface area (Å²) in [5.41, 5.74) is 0. The van der Waals surface area contributed by atoms with Crippen LogP contribution in [0.2, 0.25) is 0 Å². The molecule has 3 nitrogen and oxygen atoms in total. The minimum absolute atomic E-state index is 0.0237. The van der Waals surface area contributed by atoms with Crippen LogP contribution in [0.5, 0.6) is 5.75 Å². The van der Waals surface area contributed by atoms with Crippen molar-refractivity contribution < 1.29 is 9.53 Å². The highest BCUT2D eigenvalue weighted by Gasteiger charge is 2.14. The molecule has 2 rings (SSSR count). The molecule has 1 aliphatic rings. The smallest absolute Gasteiger partial charge is 0.257 e. The van der Waals surface area contributed by atoms with Crippen LogP contribution in [0.15, 0.2) is 24.3 Å². The fraction of sp³-hybridized carbons (Fsp3) is 0.533. The molecule has 4 heteroatoms. The number of hydrogen-bond donors (Lipinski definition) is 1. The van der Waals surface area contributed by atoms with E-state index in [2.05, 4.69) is 27.9 Å². The van der Waals surface area contributed by atoms with E-state index in [1.54, 1.807) is 0 Å². The lowest BCUT2D eigenvalue weighted by molar-refractivity contribution is -0.123. The van der Waals surface area contributed by atoms with Gasteiger partial charge in [-0.05, 0) is 59.5 Å². The fourth-order valence-corrected chi connectivity index (χ4v) is 2.92. The highest BCUT2D eigenvalue weighted by Crippen LogP contribution is 2.22. The summed E-state index contributed by atoms with van der Waals surface area (Å²) in [6.45, 7) is 0.904. The molecule has 104 valence electrons. The molecule has 0 spiro atoms. The highest BCUT2D eigenvalue weighted by molar-refractivity contribution is 14.1. The minimum Gasteiger partial charge on any atom is -0.484 e. The van der Waals surface area contributed by atoms with Gasteiger partial charge in [-0.1, -0.05) is 25.3 Å². The van der Waals surface area contributed by atoms with Crippen LogP contribution in [0.3, 0.4) is 0 Å². The van der Waals surface area contributed by atoms with Crippen molar-refractivity contribution in [3.05, 3.63) is 27.8 Å². The van der Waals surface area contributed by atoms with Gasteiger partial charge in [0, 0.05) is 10.1 Å². The van der Waals surface area contributed by atoms with Gasteiger partial charge in [0.05, 0.1) is 0 Å². The predicted molar refractivity (Wildman–Crippen MR) is 84.2 cm³/mol. The molecular weight excluding hydrogens is 353 g/mol. The third kappa shape index (κ3) is 5.38. The van der Waals surface area contributed by atoms with Crippen molar-refractivity contribution in [1.82, 2.24) is 5.32 Å². The average Bonchev–Trinajstić information content (AvgIpc) is 2.44. The maximum absolute atomic E-state index is 11.7. The topological polar surface area (TPSA) is 38.3 Å². The van der Waals surface area contributed by atoms with Gasteiger partial charge in [-0.2, -0.15) is 0 Å². The molecule has 1 aromatic rings. The van der Waals surface area contributed by atoms with Crippen LogP contribution in [-0.2, 0) is 4.79 Å². The second-order valence-electron chi connectivity index (χ2n) is 5.05. The van der Waals surface area contributed by atoms with Gasteiger partial charge in [-0.25, -0.2) is 0 Å². The summed E-state index contributed by atoms with van der Waals surface area (Å²) in [4.78, 5) is 11.7. The zero-order valence-corrected chi connectivity index (χ0v) is 13.2. The molecule has 1 amide bonds. The van der Waals surface area contributed by atoms with Gasteiger partial charge in [0.15, 0.2) is 6.61 Å². The van der Waals surface area contributed by atoms with Crippen molar-refractivity contribution in [2.24, 2.45) is 5.92 Å². The highest BCUT2D eigenvalue weighted by atomic mass is 127. The molecule has 1 N–H and O–H groups in total. The average molecular weight is 373 g/mol. The molecule has 0 aromatic heterocycles. The molecule has 19 heavy (non-hydrogen) atoms. The van der Waals surface area contributed by atoms with Gasteiger partial charge in [0.25, 0.3) is 5.91 Å². The van der Waals surface area contributed by atoms with E-state index in [9.17, 15) is 4.79 Å². The zero-order chi connectivity index (χ0) is 13.5. The van der Waals surface area contributed by atoms with E-state index in [0.717, 1.165) is 15.9 Å². The Balaban J connectivity index is 1.66. The number of rotatable bonds is 5. The molecule has 0 saturated heterocycles. The number of nitrogens with one attached hydrogen (secondary N) is 1. The van der Waals surface area contributed by atoms with Crippen LogP contribution in [0.1, 0.15) is 32.1 Å². The molecule has 0 radical (unpaired) electrons. The van der Waals surface area contributed by atoms with Crippen LogP contribution in [-0.4, -0.2) is 19.1 Å². The van der Waals surface area contributed by atoms with Gasteiger partial charge in [0.1, 0.15) is 5.75 Å². The Morgan fingerprint density at radius 3 is 2.84 bits per heavy atom. The predicted octanol–water partition coefficient (Wildman–Crippen LogP) is 3.37. The Morgan fingerprint density at radius 1 is 1.32 bits per heavy atom. The largest absolute Gasteiger partial charge is 0.484 e. The van der Waals surface area contributed by atoms with Gasteiger partial charge in [0.2, 0.25) is 0 Å². The van der Waals surface area contributed by atoms with Gasteiger partial charge < -0.3 is 10.1 Å². The van der Waals surface area contributed by atoms with Gasteiger partial charge in [-0.15, -0.1) is 0 Å². The van der Waals surface area contributed by atoms with E-state index in [1.165, 1.54) is 32.1 Å². The lowest BCUT2D eigenvalue weighted by Crippen LogP contribution is -2.33. The molecule has 1 fully saturated rings. The second-order valence-corrected chi connectivity index (χ2v) is 6.30. The quantitative estimate of drug-likeness (QED) is 0.804. The zero-order valence-electron chi connectivity index (χ0n) is 11.0. The first-order valence-corrected chi connectivity index (χ1v) is 7.97. The number of hydrogen-bond acceptors (Lipinski definition) is 2. The van der Waals surface area contributed by atoms with E-state index in [1.807, 2.05) is 24.3 Å². The van der Waals surface area contributed by atoms with E-state index < -0.39 is 0 Å². The lowest BCUT2D eigenvalue weighted by Gasteiger charge is -2.21. The number of carbonyl (C=O) groups excluding carboxylic acids is 1. The SMILES string of the molecule is O=C(COc1cccc(I)c1)NCC1CCCCC1. The van der Waals surface area contributed by atoms with Crippen LogP contribution >= 0.6 is 22.6 Å². The van der Waals surface area contributed by atoms with Gasteiger partial charge in [-0.3, -0.25) is 4.79 Å². The first-order chi connectivity index (χ1) is 9.24. The minimum atomic E-state index is -0.0237. The van der Waals surface area contributed by atoms with Crippen molar-refractivity contribution >= 4 is 28.5 Å². The molecule has 0 bridgehead atoms. The number of amides is 1. The van der Waals surface area contributed by atoms with E-state index in [4.69, 9.17) is 4.74 Å². The monoisotopic (exact) mass is 373 g/mol. The Morgan fingerprint density at radius 2 is 2.11 bits per heavy atom. The Labute approximate surface area is 128 Å². The Hall–Kier alpha value is -0.780. The van der Waals surface area contributed by atoms with Crippen LogP contribution in [0, 0.1) is 9.49 Å². The van der Waals surface area contributed by atoms with E-state index >= 15 is 0 Å². The third-order valence-corrected chi connectivity index (χ3v) is 4.15. The molecule has 1 aromatic carbocycles.